The molecule has 1 N–H and O–H groups in total. The first-order valence-electron chi connectivity index (χ1n) is 11.1. The van der Waals surface area contributed by atoms with E-state index in [-0.39, 0.29) is 52.2 Å². The average Bonchev–Trinajstić information content (AvgIpc) is 2.79. The van der Waals surface area contributed by atoms with E-state index in [0.717, 1.165) is 19.3 Å². The monoisotopic (exact) mass is 498 g/mol. The van der Waals surface area contributed by atoms with E-state index in [1.54, 1.807) is 0 Å². The Hall–Kier alpha value is -2.01. The summed E-state index contributed by atoms with van der Waals surface area (Å²) in [6.45, 7) is 0.552. The van der Waals surface area contributed by atoms with Crippen LogP contribution in [0.15, 0.2) is 23.1 Å². The van der Waals surface area contributed by atoms with Gasteiger partial charge in [0, 0.05) is 30.6 Å². The second kappa shape index (κ2) is 10.1. The Morgan fingerprint density at radius 2 is 1.82 bits per heavy atom. The van der Waals surface area contributed by atoms with Crippen molar-refractivity contribution in [3.8, 4) is 0 Å². The Morgan fingerprint density at radius 1 is 1.15 bits per heavy atom. The molecule has 2 atom stereocenters. The Bertz CT molecular complexity index is 1020. The third kappa shape index (κ3) is 5.40. The van der Waals surface area contributed by atoms with E-state index < -0.39 is 28.5 Å². The number of carbonyl (C=O) groups is 3. The fourth-order valence-electron chi connectivity index (χ4n) is 4.83. The van der Waals surface area contributed by atoms with E-state index in [0.29, 0.717) is 26.1 Å². The molecule has 0 aromatic heterocycles. The molecule has 9 nitrogen and oxygen atoms in total. The molecule has 2 aliphatic carbocycles. The molecule has 180 valence electrons. The lowest BCUT2D eigenvalue weighted by atomic mass is 9.67. The van der Waals surface area contributed by atoms with Crippen molar-refractivity contribution < 1.29 is 32.3 Å². The van der Waals surface area contributed by atoms with Crippen LogP contribution in [0.3, 0.4) is 0 Å². The summed E-state index contributed by atoms with van der Waals surface area (Å²) in [5.74, 6) is -1.33. The zero-order valence-corrected chi connectivity index (χ0v) is 19.7. The molecule has 2 unspecified atom stereocenters. The molecule has 3 aliphatic rings. The minimum absolute atomic E-state index is 0.0447. The molecule has 1 saturated heterocycles. The Balaban J connectivity index is 1.34. The number of ketones is 1. The molecule has 1 aromatic carbocycles. The first kappa shape index (κ1) is 24.1. The van der Waals surface area contributed by atoms with Gasteiger partial charge in [-0.2, -0.15) is 4.31 Å². The van der Waals surface area contributed by atoms with Crippen molar-refractivity contribution in [1.29, 1.82) is 0 Å². The van der Waals surface area contributed by atoms with Crippen molar-refractivity contribution in [2.45, 2.75) is 37.0 Å². The highest BCUT2D eigenvalue weighted by atomic mass is 35.5. The van der Waals surface area contributed by atoms with Crippen LogP contribution in [0.25, 0.3) is 0 Å². The van der Waals surface area contributed by atoms with E-state index >= 15 is 0 Å². The van der Waals surface area contributed by atoms with Gasteiger partial charge < -0.3 is 14.8 Å². The summed E-state index contributed by atoms with van der Waals surface area (Å²) in [6.07, 6.45) is 3.60. The summed E-state index contributed by atoms with van der Waals surface area (Å²) >= 11 is 6.13. The minimum atomic E-state index is -3.85. The number of carbonyl (C=O) groups excluding carboxylic acids is 3. The summed E-state index contributed by atoms with van der Waals surface area (Å²) in [4.78, 5) is 36.9. The number of ether oxygens (including phenoxy) is 2. The van der Waals surface area contributed by atoms with Crippen LogP contribution in [-0.2, 0) is 33.9 Å². The third-order valence-corrected chi connectivity index (χ3v) is 8.91. The number of fused-ring (bicyclic) bond motifs is 2. The van der Waals surface area contributed by atoms with E-state index in [4.69, 9.17) is 21.1 Å². The van der Waals surface area contributed by atoms with Gasteiger partial charge in [0.2, 0.25) is 10.0 Å². The second-order valence-corrected chi connectivity index (χ2v) is 11.0. The molecular formula is C22H27ClN2O7S. The number of Topliss-reactive ketones (excluding diaryl/α,β-unsaturated/α-hetero) is 1. The number of rotatable bonds is 6. The van der Waals surface area contributed by atoms with Crippen LogP contribution < -0.4 is 5.32 Å². The predicted octanol–water partition coefficient (Wildman–Crippen LogP) is 2.24. The molecule has 4 rings (SSSR count). The van der Waals surface area contributed by atoms with Gasteiger partial charge >= 0.3 is 5.97 Å². The number of amides is 1. The molecule has 0 spiro atoms. The highest BCUT2D eigenvalue weighted by Crippen LogP contribution is 2.40. The first-order valence-corrected chi connectivity index (χ1v) is 12.9. The van der Waals surface area contributed by atoms with Crippen LogP contribution in [0.5, 0.6) is 0 Å². The lowest BCUT2D eigenvalue weighted by Crippen LogP contribution is -2.40. The molecule has 1 heterocycles. The van der Waals surface area contributed by atoms with Crippen molar-refractivity contribution in [2.75, 3.05) is 38.2 Å². The van der Waals surface area contributed by atoms with Gasteiger partial charge in [-0.15, -0.1) is 0 Å². The fraction of sp³-hybridized carbons (Fsp3) is 0.591. The summed E-state index contributed by atoms with van der Waals surface area (Å²) in [6, 6.07) is 4.17. The van der Waals surface area contributed by atoms with Gasteiger partial charge in [-0.3, -0.25) is 14.4 Å². The van der Waals surface area contributed by atoms with Gasteiger partial charge in [-0.1, -0.05) is 18.0 Å². The molecule has 2 bridgehead atoms. The van der Waals surface area contributed by atoms with Crippen molar-refractivity contribution in [3.05, 3.63) is 23.2 Å². The Morgan fingerprint density at radius 3 is 2.48 bits per heavy atom. The van der Waals surface area contributed by atoms with Gasteiger partial charge in [0.25, 0.3) is 5.91 Å². The molecule has 1 aromatic rings. The van der Waals surface area contributed by atoms with Crippen molar-refractivity contribution in [3.63, 3.8) is 0 Å². The summed E-state index contributed by atoms with van der Waals surface area (Å²) in [5.41, 5.74) is 0.227. The number of anilines is 1. The molecule has 1 aliphatic heterocycles. The SMILES string of the molecule is O=C(COC(=O)C1CC2CCCC(C1)C2=O)Nc1ccc(Cl)c(S(=O)(=O)N2CCOCC2)c1. The number of sulfonamides is 1. The van der Waals surface area contributed by atoms with Crippen LogP contribution in [0.2, 0.25) is 5.02 Å². The van der Waals surface area contributed by atoms with Gasteiger partial charge in [0.15, 0.2) is 6.61 Å². The zero-order chi connectivity index (χ0) is 23.6. The zero-order valence-electron chi connectivity index (χ0n) is 18.1. The van der Waals surface area contributed by atoms with Gasteiger partial charge in [0.1, 0.15) is 10.7 Å². The minimum Gasteiger partial charge on any atom is -0.455 e. The van der Waals surface area contributed by atoms with E-state index in [2.05, 4.69) is 5.32 Å². The maximum Gasteiger partial charge on any atom is 0.309 e. The lowest BCUT2D eigenvalue weighted by molar-refractivity contribution is -0.155. The number of esters is 1. The smallest absolute Gasteiger partial charge is 0.309 e. The summed E-state index contributed by atoms with van der Waals surface area (Å²) < 4.78 is 37.5. The number of nitrogens with zero attached hydrogens (tertiary/aromatic N) is 1. The number of halogens is 1. The highest BCUT2D eigenvalue weighted by Gasteiger charge is 2.42. The van der Waals surface area contributed by atoms with Crippen LogP contribution in [0.1, 0.15) is 32.1 Å². The van der Waals surface area contributed by atoms with Crippen LogP contribution in [-0.4, -0.2) is 63.3 Å². The Labute approximate surface area is 197 Å². The van der Waals surface area contributed by atoms with Crippen LogP contribution in [0, 0.1) is 17.8 Å². The van der Waals surface area contributed by atoms with Gasteiger partial charge in [-0.25, -0.2) is 8.42 Å². The topological polar surface area (TPSA) is 119 Å². The summed E-state index contributed by atoms with van der Waals surface area (Å²) in [5, 5.41) is 2.60. The molecule has 11 heteroatoms. The van der Waals surface area contributed by atoms with Crippen molar-refractivity contribution >= 4 is 45.0 Å². The van der Waals surface area contributed by atoms with Crippen LogP contribution >= 0.6 is 11.6 Å². The van der Waals surface area contributed by atoms with Crippen LogP contribution in [0.4, 0.5) is 5.69 Å². The molecule has 2 saturated carbocycles. The largest absolute Gasteiger partial charge is 0.455 e. The molecule has 0 radical (unpaired) electrons. The Kier molecular flexibility index (Phi) is 7.37. The lowest BCUT2D eigenvalue weighted by Gasteiger charge is -2.36. The average molecular weight is 499 g/mol. The fourth-order valence-corrected chi connectivity index (χ4v) is 6.74. The third-order valence-electron chi connectivity index (χ3n) is 6.53. The molecule has 1 amide bonds. The number of hydrogen-bond acceptors (Lipinski definition) is 7. The highest BCUT2D eigenvalue weighted by molar-refractivity contribution is 7.89. The van der Waals surface area contributed by atoms with Crippen molar-refractivity contribution in [2.24, 2.45) is 17.8 Å². The number of hydrogen-bond donors (Lipinski definition) is 1. The maximum absolute atomic E-state index is 12.9. The normalized spacial score (nSPS) is 26.0. The molecule has 3 fully saturated rings. The van der Waals surface area contributed by atoms with Gasteiger partial charge in [0.05, 0.1) is 24.2 Å². The first-order chi connectivity index (χ1) is 15.8. The van der Waals surface area contributed by atoms with Gasteiger partial charge in [-0.05, 0) is 43.9 Å². The maximum atomic E-state index is 12.9. The van der Waals surface area contributed by atoms with E-state index in [1.165, 1.54) is 22.5 Å². The summed E-state index contributed by atoms with van der Waals surface area (Å²) in [7, 11) is -3.85. The second-order valence-electron chi connectivity index (χ2n) is 8.71. The van der Waals surface area contributed by atoms with Crippen molar-refractivity contribution in [1.82, 2.24) is 4.31 Å². The number of benzene rings is 1. The molecular weight excluding hydrogens is 472 g/mol. The number of morpholine rings is 1. The number of nitrogens with one attached hydrogen (secondary N) is 1. The quantitative estimate of drug-likeness (QED) is 0.597. The standard InChI is InChI=1S/C22H27ClN2O7S/c23-18-5-4-17(12-19(18)33(29,30)25-6-8-31-9-7-25)24-20(26)13-32-22(28)16-10-14-2-1-3-15(11-16)21(14)27/h4-5,12,14-16H,1-3,6-11,13H2,(H,24,26). The van der Waals surface area contributed by atoms with E-state index in [9.17, 15) is 22.8 Å². The molecule has 33 heavy (non-hydrogen) atoms. The van der Waals surface area contributed by atoms with E-state index in [1.807, 2.05) is 0 Å². The predicted molar refractivity (Wildman–Crippen MR) is 119 cm³/mol.